The van der Waals surface area contributed by atoms with Crippen LogP contribution in [0.3, 0.4) is 0 Å². The lowest BCUT2D eigenvalue weighted by atomic mass is 10.1. The number of ether oxygens (including phenoxy) is 2. The summed E-state index contributed by atoms with van der Waals surface area (Å²) in [5.74, 6) is -1.35. The zero-order valence-electron chi connectivity index (χ0n) is 15.4. The number of hydrogen-bond donors (Lipinski definition) is 1. The fourth-order valence-corrected chi connectivity index (χ4v) is 2.81. The first-order valence-electron chi connectivity index (χ1n) is 8.40. The largest absolute Gasteiger partial charge is 0.479 e. The summed E-state index contributed by atoms with van der Waals surface area (Å²) < 4.78 is 48.1. The first kappa shape index (κ1) is 23.5. The Hall–Kier alpha value is -2.78. The second kappa shape index (κ2) is 10.3. The number of carbonyl (C=O) groups is 2. The van der Waals surface area contributed by atoms with Crippen LogP contribution in [0.2, 0.25) is 10.0 Å². The first-order valence-corrected chi connectivity index (χ1v) is 9.15. The zero-order chi connectivity index (χ0) is 22.3. The Labute approximate surface area is 179 Å². The van der Waals surface area contributed by atoms with Crippen molar-refractivity contribution in [3.05, 3.63) is 63.1 Å². The van der Waals surface area contributed by atoms with Crippen LogP contribution in [-0.2, 0) is 15.7 Å². The summed E-state index contributed by atoms with van der Waals surface area (Å²) in [6, 6.07) is 6.74. The highest BCUT2D eigenvalue weighted by Crippen LogP contribution is 2.34. The number of benzene rings is 2. The predicted octanol–water partition coefficient (Wildman–Crippen LogP) is 4.72. The molecule has 0 fully saturated rings. The number of carbonyl (C=O) groups excluding carboxylic acids is 2. The van der Waals surface area contributed by atoms with E-state index in [-0.39, 0.29) is 34.6 Å². The van der Waals surface area contributed by atoms with Crippen LogP contribution in [0, 0.1) is 0 Å². The molecule has 1 N–H and O–H groups in total. The van der Waals surface area contributed by atoms with Gasteiger partial charge in [0.05, 0.1) is 28.4 Å². The summed E-state index contributed by atoms with van der Waals surface area (Å²) in [6.45, 7) is 1.47. The highest BCUT2D eigenvalue weighted by Gasteiger charge is 2.30. The van der Waals surface area contributed by atoms with Gasteiger partial charge in [0.15, 0.2) is 12.4 Å². The van der Waals surface area contributed by atoms with Gasteiger partial charge in [-0.1, -0.05) is 29.3 Å². The van der Waals surface area contributed by atoms with Crippen LogP contribution < -0.4 is 10.2 Å². The Kier molecular flexibility index (Phi) is 8.08. The third-order valence-corrected chi connectivity index (χ3v) is 4.05. The molecule has 2 aromatic carbocycles. The molecule has 0 saturated carbocycles. The Morgan fingerprint density at radius 3 is 2.43 bits per heavy atom. The lowest BCUT2D eigenvalue weighted by Crippen LogP contribution is -2.18. The number of hydrogen-bond acceptors (Lipinski definition) is 5. The lowest BCUT2D eigenvalue weighted by Gasteiger charge is -2.10. The Balaban J connectivity index is 2.04. The second-order valence-corrected chi connectivity index (χ2v) is 6.50. The summed E-state index contributed by atoms with van der Waals surface area (Å²) in [4.78, 5) is 23.3. The molecule has 6 nitrogen and oxygen atoms in total. The predicted molar refractivity (Wildman–Crippen MR) is 105 cm³/mol. The van der Waals surface area contributed by atoms with E-state index in [1.54, 1.807) is 6.92 Å². The van der Waals surface area contributed by atoms with Crippen LogP contribution in [0.15, 0.2) is 41.5 Å². The van der Waals surface area contributed by atoms with E-state index in [0.29, 0.717) is 11.6 Å². The molecule has 11 heteroatoms. The highest BCUT2D eigenvalue weighted by atomic mass is 35.5. The summed E-state index contributed by atoms with van der Waals surface area (Å²) in [6.07, 6.45) is -3.37. The smallest absolute Gasteiger partial charge is 0.416 e. The fraction of sp³-hybridized carbons (Fsp3) is 0.211. The fourth-order valence-electron chi connectivity index (χ4n) is 2.19. The molecule has 30 heavy (non-hydrogen) atoms. The van der Waals surface area contributed by atoms with Gasteiger partial charge in [-0.15, -0.1) is 0 Å². The van der Waals surface area contributed by atoms with E-state index in [1.807, 2.05) is 0 Å². The van der Waals surface area contributed by atoms with Crippen LogP contribution in [0.1, 0.15) is 28.4 Å². The van der Waals surface area contributed by atoms with Crippen LogP contribution in [0.5, 0.6) is 5.75 Å². The lowest BCUT2D eigenvalue weighted by molar-refractivity contribution is -0.145. The Morgan fingerprint density at radius 1 is 1.17 bits per heavy atom. The van der Waals surface area contributed by atoms with Crippen molar-refractivity contribution >= 4 is 41.3 Å². The number of nitrogens with zero attached hydrogens (tertiary/aromatic N) is 1. The molecule has 0 unspecified atom stereocenters. The number of amides is 1. The topological polar surface area (TPSA) is 77.0 Å². The Bertz CT molecular complexity index is 942. The van der Waals surface area contributed by atoms with Gasteiger partial charge in [-0.3, -0.25) is 4.79 Å². The minimum absolute atomic E-state index is 0.0662. The molecule has 2 rings (SSSR count). The minimum Gasteiger partial charge on any atom is -0.479 e. The average molecular weight is 463 g/mol. The number of nitrogens with one attached hydrogen (secondary N) is 1. The van der Waals surface area contributed by atoms with Gasteiger partial charge in [0.1, 0.15) is 0 Å². The maximum Gasteiger partial charge on any atom is 0.416 e. The van der Waals surface area contributed by atoms with Gasteiger partial charge in [0, 0.05) is 5.56 Å². The standard InChI is InChI=1S/C19H15Cl2F3N2O4/c1-2-29-16(27)10-30-17-14(20)6-11(7-15(17)21)9-25-26-18(28)12-4-3-5-13(8-12)19(22,23)24/h3-9H,2,10H2,1H3,(H,26,28)/b25-9-. The molecule has 0 aliphatic carbocycles. The molecule has 0 saturated heterocycles. The molecule has 0 aliphatic rings. The van der Waals surface area contributed by atoms with Crippen molar-refractivity contribution in [2.45, 2.75) is 13.1 Å². The SMILES string of the molecule is CCOC(=O)COc1c(Cl)cc(/C=N\NC(=O)c2cccc(C(F)(F)F)c2)cc1Cl. The summed E-state index contributed by atoms with van der Waals surface area (Å²) >= 11 is 12.2. The van der Waals surface area contributed by atoms with Crippen molar-refractivity contribution in [3.8, 4) is 5.75 Å². The van der Waals surface area contributed by atoms with Gasteiger partial charge in [-0.2, -0.15) is 18.3 Å². The monoisotopic (exact) mass is 462 g/mol. The Morgan fingerprint density at radius 2 is 1.83 bits per heavy atom. The van der Waals surface area contributed by atoms with E-state index in [2.05, 4.69) is 10.5 Å². The highest BCUT2D eigenvalue weighted by molar-refractivity contribution is 6.37. The van der Waals surface area contributed by atoms with Gasteiger partial charge < -0.3 is 9.47 Å². The van der Waals surface area contributed by atoms with Crippen molar-refractivity contribution in [2.24, 2.45) is 5.10 Å². The van der Waals surface area contributed by atoms with Crippen molar-refractivity contribution < 1.29 is 32.2 Å². The number of esters is 1. The van der Waals surface area contributed by atoms with Crippen LogP contribution >= 0.6 is 23.2 Å². The van der Waals surface area contributed by atoms with Gasteiger partial charge in [0.2, 0.25) is 0 Å². The molecule has 0 aliphatic heterocycles. The maximum atomic E-state index is 12.7. The quantitative estimate of drug-likeness (QED) is 0.367. The molecule has 2 aromatic rings. The number of hydrazone groups is 1. The van der Waals surface area contributed by atoms with Crippen LogP contribution in [0.25, 0.3) is 0 Å². The first-order chi connectivity index (χ1) is 14.1. The third kappa shape index (κ3) is 6.64. The molecular formula is C19H15Cl2F3N2O4. The molecule has 0 heterocycles. The normalized spacial score (nSPS) is 11.4. The van der Waals surface area contributed by atoms with E-state index in [0.717, 1.165) is 12.1 Å². The number of rotatable bonds is 7. The number of halogens is 5. The van der Waals surface area contributed by atoms with Gasteiger partial charge >= 0.3 is 12.1 Å². The number of alkyl halides is 3. The van der Waals surface area contributed by atoms with Crippen molar-refractivity contribution in [2.75, 3.05) is 13.2 Å². The van der Waals surface area contributed by atoms with Crippen molar-refractivity contribution in [1.82, 2.24) is 5.43 Å². The van der Waals surface area contributed by atoms with Crippen molar-refractivity contribution in [3.63, 3.8) is 0 Å². The molecular weight excluding hydrogens is 448 g/mol. The summed E-state index contributed by atoms with van der Waals surface area (Å²) in [5.41, 5.74) is 1.34. The van der Waals surface area contributed by atoms with E-state index in [4.69, 9.17) is 32.7 Å². The average Bonchev–Trinajstić information content (AvgIpc) is 2.67. The van der Waals surface area contributed by atoms with Crippen molar-refractivity contribution in [1.29, 1.82) is 0 Å². The molecule has 0 atom stereocenters. The van der Waals surface area contributed by atoms with E-state index >= 15 is 0 Å². The zero-order valence-corrected chi connectivity index (χ0v) is 16.9. The molecule has 160 valence electrons. The van der Waals surface area contributed by atoms with E-state index < -0.39 is 23.6 Å². The van der Waals surface area contributed by atoms with E-state index in [1.165, 1.54) is 24.4 Å². The van der Waals surface area contributed by atoms with Crippen LogP contribution in [-0.4, -0.2) is 31.3 Å². The molecule has 1 amide bonds. The van der Waals surface area contributed by atoms with Gasteiger partial charge in [0.25, 0.3) is 5.91 Å². The third-order valence-electron chi connectivity index (χ3n) is 3.49. The van der Waals surface area contributed by atoms with Gasteiger partial charge in [-0.05, 0) is 42.8 Å². The maximum absolute atomic E-state index is 12.7. The molecule has 0 aromatic heterocycles. The van der Waals surface area contributed by atoms with Gasteiger partial charge in [-0.25, -0.2) is 10.2 Å². The van der Waals surface area contributed by atoms with Crippen LogP contribution in [0.4, 0.5) is 13.2 Å². The molecule has 0 spiro atoms. The van der Waals surface area contributed by atoms with E-state index in [9.17, 15) is 22.8 Å². The summed E-state index contributed by atoms with van der Waals surface area (Å²) in [5, 5.41) is 3.84. The minimum atomic E-state index is -4.57. The summed E-state index contributed by atoms with van der Waals surface area (Å²) in [7, 11) is 0. The second-order valence-electron chi connectivity index (χ2n) is 5.69. The molecule has 0 bridgehead atoms. The molecule has 0 radical (unpaired) electrons.